The van der Waals surface area contributed by atoms with E-state index in [4.69, 9.17) is 28.9 Å². The van der Waals surface area contributed by atoms with Crippen LogP contribution in [0.1, 0.15) is 59.3 Å². The molecule has 2 N–H and O–H groups in total. The quantitative estimate of drug-likeness (QED) is 0.689. The summed E-state index contributed by atoms with van der Waals surface area (Å²) in [4.78, 5) is 11.4. The largest absolute Gasteiger partial charge is 0.369 e. The molecule has 2 nitrogen and oxygen atoms in total. The van der Waals surface area contributed by atoms with Gasteiger partial charge in [-0.25, -0.2) is 0 Å². The predicted octanol–water partition coefficient (Wildman–Crippen LogP) is 4.28. The normalized spacial score (nSPS) is 10.6. The van der Waals surface area contributed by atoms with E-state index in [1.54, 1.807) is 0 Å². The number of rotatable bonds is 7. The maximum Gasteiger partial charge on any atom is 0.223 e. The van der Waals surface area contributed by atoms with Crippen LogP contribution in [-0.4, -0.2) is 11.2 Å². The first-order valence-corrected chi connectivity index (χ1v) is 7.03. The van der Waals surface area contributed by atoms with Gasteiger partial charge >= 0.3 is 0 Å². The minimum Gasteiger partial charge on any atom is -0.369 e. The van der Waals surface area contributed by atoms with Crippen molar-refractivity contribution in [1.82, 2.24) is 0 Å². The van der Waals surface area contributed by atoms with Crippen molar-refractivity contribution in [1.29, 1.82) is 0 Å². The second-order valence-electron chi connectivity index (χ2n) is 4.00. The smallest absolute Gasteiger partial charge is 0.223 e. The maximum atomic E-state index is 11.4. The average molecular weight is 270 g/mol. The van der Waals surface area contributed by atoms with Crippen molar-refractivity contribution in [3.05, 3.63) is 0 Å². The molecule has 0 unspecified atom stereocenters. The van der Waals surface area contributed by atoms with Crippen molar-refractivity contribution in [3.8, 4) is 0 Å². The van der Waals surface area contributed by atoms with Crippen molar-refractivity contribution >= 4 is 29.1 Å². The number of halogens is 2. The van der Waals surface area contributed by atoms with E-state index in [1.807, 2.05) is 0 Å². The molecule has 0 aliphatic carbocycles. The van der Waals surface area contributed by atoms with Crippen LogP contribution in [0.5, 0.6) is 0 Å². The average Bonchev–Trinajstić information content (AvgIpc) is 2.19. The summed E-state index contributed by atoms with van der Waals surface area (Å²) in [5, 5.41) is 0.194. The lowest BCUT2D eigenvalue weighted by molar-refractivity contribution is -0.129. The number of alkyl halides is 2. The Morgan fingerprint density at radius 3 is 1.38 bits per heavy atom. The van der Waals surface area contributed by atoms with Crippen LogP contribution in [0.15, 0.2) is 0 Å². The van der Waals surface area contributed by atoms with Gasteiger partial charge < -0.3 is 5.73 Å². The Morgan fingerprint density at radius 1 is 1.00 bits per heavy atom. The fourth-order valence-electron chi connectivity index (χ4n) is 2.18. The lowest BCUT2D eigenvalue weighted by Crippen LogP contribution is -2.36. The fourth-order valence-corrected chi connectivity index (χ4v) is 2.18. The predicted molar refractivity (Wildman–Crippen MR) is 72.9 cm³/mol. The zero-order chi connectivity index (χ0) is 13.0. The molecule has 0 aromatic heterocycles. The molecule has 98 valence electrons. The van der Waals surface area contributed by atoms with E-state index in [0.717, 1.165) is 38.5 Å². The highest BCUT2D eigenvalue weighted by atomic mass is 35.5. The van der Waals surface area contributed by atoms with E-state index in [-0.39, 0.29) is 16.7 Å². The van der Waals surface area contributed by atoms with Gasteiger partial charge in [0.05, 0.1) is 5.34 Å². The summed E-state index contributed by atoms with van der Waals surface area (Å²) >= 11 is 9.53. The first kappa shape index (κ1) is 18.4. The van der Waals surface area contributed by atoms with Crippen LogP contribution in [-0.2, 0) is 4.79 Å². The number of carbonyl (C=O) groups is 1. The molecule has 0 aromatic rings. The van der Waals surface area contributed by atoms with E-state index >= 15 is 0 Å². The lowest BCUT2D eigenvalue weighted by atomic mass is 9.75. The summed E-state index contributed by atoms with van der Waals surface area (Å²) in [6.07, 6.45) is 5.98. The number of amides is 1. The Morgan fingerprint density at radius 2 is 1.25 bits per heavy atom. The van der Waals surface area contributed by atoms with Crippen LogP contribution in [0.4, 0.5) is 0 Å². The molecule has 0 fully saturated rings. The molecule has 0 radical (unpaired) electrons. The Kier molecular flexibility index (Phi) is 13.3. The van der Waals surface area contributed by atoms with Gasteiger partial charge in [0.15, 0.2) is 0 Å². The van der Waals surface area contributed by atoms with Crippen molar-refractivity contribution in [3.63, 3.8) is 0 Å². The molecule has 4 heteroatoms. The highest BCUT2D eigenvalue weighted by Crippen LogP contribution is 2.34. The van der Waals surface area contributed by atoms with Gasteiger partial charge in [0.1, 0.15) is 0 Å². The van der Waals surface area contributed by atoms with Crippen LogP contribution in [0.2, 0.25) is 0 Å². The molecular formula is C12H25Cl2NO. The standard InChI is InChI=1S/C11H23NO.CH2Cl2/c1-4-7-11(8-5-2,9-6-3)10(12)13;2-1-3/h4-9H2,1-3H3,(H2,12,13);1H2. The van der Waals surface area contributed by atoms with Gasteiger partial charge in [-0.2, -0.15) is 0 Å². The molecule has 0 atom stereocenters. The van der Waals surface area contributed by atoms with E-state index in [2.05, 4.69) is 20.8 Å². The van der Waals surface area contributed by atoms with Gasteiger partial charge in [0.25, 0.3) is 0 Å². The van der Waals surface area contributed by atoms with Gasteiger partial charge in [-0.1, -0.05) is 40.0 Å². The third kappa shape index (κ3) is 7.34. The van der Waals surface area contributed by atoms with E-state index in [1.165, 1.54) is 0 Å². The minimum atomic E-state index is -0.210. The molecule has 0 saturated heterocycles. The van der Waals surface area contributed by atoms with Crippen LogP contribution in [0.25, 0.3) is 0 Å². The number of hydrogen-bond donors (Lipinski definition) is 1. The Bertz CT molecular complexity index is 157. The molecule has 0 rings (SSSR count). The fraction of sp³-hybridized carbons (Fsp3) is 0.917. The zero-order valence-corrected chi connectivity index (χ0v) is 12.2. The summed E-state index contributed by atoms with van der Waals surface area (Å²) in [6.45, 7) is 6.34. The van der Waals surface area contributed by atoms with Gasteiger partial charge in [-0.15, -0.1) is 23.2 Å². The highest BCUT2D eigenvalue weighted by Gasteiger charge is 2.33. The van der Waals surface area contributed by atoms with Crippen LogP contribution in [0, 0.1) is 5.41 Å². The molecule has 0 bridgehead atoms. The molecule has 0 spiro atoms. The van der Waals surface area contributed by atoms with E-state index in [9.17, 15) is 4.79 Å². The van der Waals surface area contributed by atoms with E-state index in [0.29, 0.717) is 0 Å². The van der Waals surface area contributed by atoms with Crippen molar-refractivity contribution in [2.45, 2.75) is 59.3 Å². The lowest BCUT2D eigenvalue weighted by Gasteiger charge is -2.29. The number of nitrogens with two attached hydrogens (primary N) is 1. The molecule has 0 aliphatic rings. The monoisotopic (exact) mass is 269 g/mol. The molecule has 0 aliphatic heterocycles. The van der Waals surface area contributed by atoms with Gasteiger partial charge in [-0.05, 0) is 19.3 Å². The molecule has 16 heavy (non-hydrogen) atoms. The summed E-state index contributed by atoms with van der Waals surface area (Å²) in [5.74, 6) is -0.0990. The number of primary amides is 1. The number of carbonyl (C=O) groups excluding carboxylic acids is 1. The summed E-state index contributed by atoms with van der Waals surface area (Å²) in [7, 11) is 0. The SMILES string of the molecule is CCCC(CCC)(CCC)C(N)=O.ClCCl. The first-order chi connectivity index (χ1) is 7.54. The molecule has 1 amide bonds. The number of hydrogen-bond acceptors (Lipinski definition) is 1. The van der Waals surface area contributed by atoms with Crippen LogP contribution < -0.4 is 5.73 Å². The molecular weight excluding hydrogens is 245 g/mol. The summed E-state index contributed by atoms with van der Waals surface area (Å²) in [5.41, 5.74) is 5.28. The first-order valence-electron chi connectivity index (χ1n) is 5.96. The Balaban J connectivity index is 0. The van der Waals surface area contributed by atoms with Gasteiger partial charge in [-0.3, -0.25) is 4.79 Å². The van der Waals surface area contributed by atoms with Crippen LogP contribution in [0.3, 0.4) is 0 Å². The summed E-state index contributed by atoms with van der Waals surface area (Å²) in [6, 6.07) is 0. The second-order valence-corrected chi connectivity index (χ2v) is 4.80. The molecule has 0 heterocycles. The van der Waals surface area contributed by atoms with Crippen molar-refractivity contribution in [2.24, 2.45) is 11.1 Å². The Labute approximate surface area is 110 Å². The minimum absolute atomic E-state index is 0.0990. The molecule has 0 saturated carbocycles. The van der Waals surface area contributed by atoms with Gasteiger partial charge in [0.2, 0.25) is 5.91 Å². The second kappa shape index (κ2) is 11.5. The highest BCUT2D eigenvalue weighted by molar-refractivity contribution is 6.40. The van der Waals surface area contributed by atoms with Gasteiger partial charge in [0, 0.05) is 5.41 Å². The zero-order valence-electron chi connectivity index (χ0n) is 10.7. The van der Waals surface area contributed by atoms with Crippen molar-refractivity contribution in [2.75, 3.05) is 5.34 Å². The third-order valence-corrected chi connectivity index (χ3v) is 2.71. The van der Waals surface area contributed by atoms with E-state index < -0.39 is 0 Å². The molecule has 0 aromatic carbocycles. The Hall–Kier alpha value is 0.0500. The summed E-state index contributed by atoms with van der Waals surface area (Å²) < 4.78 is 0. The van der Waals surface area contributed by atoms with Crippen LogP contribution >= 0.6 is 23.2 Å². The maximum absolute atomic E-state index is 11.4. The topological polar surface area (TPSA) is 43.1 Å². The van der Waals surface area contributed by atoms with Crippen molar-refractivity contribution < 1.29 is 4.79 Å². The third-order valence-electron chi connectivity index (χ3n) is 2.71.